The molecule has 0 bridgehead atoms. The summed E-state index contributed by atoms with van der Waals surface area (Å²) in [6.45, 7) is 5.68. The molecule has 6 nitrogen and oxygen atoms in total. The maximum Gasteiger partial charge on any atom is 0.337 e. The Bertz CT molecular complexity index is 1230. The minimum Gasteiger partial charge on any atom is -0.497 e. The number of halogens is 1. The number of benzene rings is 2. The van der Waals surface area contributed by atoms with Crippen molar-refractivity contribution in [3.05, 3.63) is 81.2 Å². The maximum absolute atomic E-state index is 13.8. The van der Waals surface area contributed by atoms with Gasteiger partial charge in [0.15, 0.2) is 5.78 Å². The molecule has 1 aliphatic heterocycles. The first-order chi connectivity index (χ1) is 17.3. The molecule has 3 atom stereocenters. The summed E-state index contributed by atoms with van der Waals surface area (Å²) in [7, 11) is 3.15. The van der Waals surface area contributed by atoms with Crippen LogP contribution in [0.1, 0.15) is 63.0 Å². The van der Waals surface area contributed by atoms with Crippen LogP contribution in [0.15, 0.2) is 65.0 Å². The quantitative estimate of drug-likeness (QED) is 0.457. The lowest BCUT2D eigenvalue weighted by Gasteiger charge is -2.37. The number of carbonyl (C=O) groups is 2. The van der Waals surface area contributed by atoms with E-state index in [-0.39, 0.29) is 17.8 Å². The molecule has 0 saturated carbocycles. The number of hydrogen-bond acceptors (Lipinski definition) is 6. The van der Waals surface area contributed by atoms with Gasteiger partial charge in [0.25, 0.3) is 0 Å². The lowest BCUT2D eigenvalue weighted by Crippen LogP contribution is -2.36. The average Bonchev–Trinajstić information content (AvgIpc) is 2.87. The Morgan fingerprint density at radius 1 is 1.11 bits per heavy atom. The third-order valence-electron chi connectivity index (χ3n) is 7.02. The number of rotatable bonds is 7. The third-order valence-corrected chi connectivity index (χ3v) is 7.28. The minimum atomic E-state index is -0.614. The van der Waals surface area contributed by atoms with Crippen LogP contribution in [0.2, 0.25) is 5.02 Å². The fourth-order valence-electron chi connectivity index (χ4n) is 4.98. The number of hydrogen-bond donors (Lipinski definition) is 1. The van der Waals surface area contributed by atoms with Gasteiger partial charge in [-0.05, 0) is 56.4 Å². The molecule has 1 N–H and O–H groups in total. The van der Waals surface area contributed by atoms with Crippen molar-refractivity contribution in [3.63, 3.8) is 0 Å². The van der Waals surface area contributed by atoms with Crippen LogP contribution in [0, 0.1) is 0 Å². The SMILES string of the molecule is CC[C@H](C)OC(=O)C1=C(C)NC2=C(C(=O)C[C@@H](c3ccc(Cl)cc3)C2)[C@H]1c1ccc(OC)cc1OC. The summed E-state index contributed by atoms with van der Waals surface area (Å²) in [5.74, 6) is 0.130. The van der Waals surface area contributed by atoms with Crippen LogP contribution in [0.5, 0.6) is 11.5 Å². The Labute approximate surface area is 217 Å². The summed E-state index contributed by atoms with van der Waals surface area (Å²) in [6, 6.07) is 13.1. The summed E-state index contributed by atoms with van der Waals surface area (Å²) in [5.41, 5.74) is 4.30. The van der Waals surface area contributed by atoms with E-state index in [0.29, 0.717) is 52.6 Å². The van der Waals surface area contributed by atoms with E-state index in [9.17, 15) is 9.59 Å². The first kappa shape index (κ1) is 25.8. The van der Waals surface area contributed by atoms with Crippen molar-refractivity contribution < 1.29 is 23.8 Å². The summed E-state index contributed by atoms with van der Waals surface area (Å²) >= 11 is 6.08. The summed E-state index contributed by atoms with van der Waals surface area (Å²) in [4.78, 5) is 27.2. The zero-order chi connectivity index (χ0) is 26.0. The number of methoxy groups -OCH3 is 2. The maximum atomic E-state index is 13.8. The fraction of sp³-hybridized carbons (Fsp3) is 0.379. The van der Waals surface area contributed by atoms with Crippen molar-refractivity contribution in [1.82, 2.24) is 5.32 Å². The predicted octanol–water partition coefficient (Wildman–Crippen LogP) is 6.06. The van der Waals surface area contributed by atoms with E-state index >= 15 is 0 Å². The van der Waals surface area contributed by atoms with Gasteiger partial charge in [-0.15, -0.1) is 0 Å². The molecule has 2 aliphatic rings. The van der Waals surface area contributed by atoms with Crippen molar-refractivity contribution in [2.45, 2.75) is 58.0 Å². The molecule has 4 rings (SSSR count). The van der Waals surface area contributed by atoms with Gasteiger partial charge in [-0.25, -0.2) is 4.79 Å². The molecule has 36 heavy (non-hydrogen) atoms. The van der Waals surface area contributed by atoms with E-state index in [1.165, 1.54) is 0 Å². The summed E-state index contributed by atoms with van der Waals surface area (Å²) in [5, 5.41) is 4.05. The van der Waals surface area contributed by atoms with Crippen molar-refractivity contribution in [2.24, 2.45) is 0 Å². The molecule has 0 aromatic heterocycles. The zero-order valence-corrected chi connectivity index (χ0v) is 22.1. The molecule has 0 spiro atoms. The van der Waals surface area contributed by atoms with Gasteiger partial charge >= 0.3 is 5.97 Å². The summed E-state index contributed by atoms with van der Waals surface area (Å²) in [6.07, 6.45) is 1.42. The van der Waals surface area contributed by atoms with Crippen LogP contribution in [-0.4, -0.2) is 32.1 Å². The molecular formula is C29H32ClNO5. The van der Waals surface area contributed by atoms with E-state index in [2.05, 4.69) is 5.32 Å². The van der Waals surface area contributed by atoms with Gasteiger partial charge in [0.1, 0.15) is 11.5 Å². The van der Waals surface area contributed by atoms with Gasteiger partial charge in [0.05, 0.1) is 31.8 Å². The highest BCUT2D eigenvalue weighted by Gasteiger charge is 2.42. The number of esters is 1. The number of dihydropyridines is 1. The van der Waals surface area contributed by atoms with Gasteiger partial charge < -0.3 is 19.5 Å². The minimum absolute atomic E-state index is 0.00656. The zero-order valence-electron chi connectivity index (χ0n) is 21.3. The van der Waals surface area contributed by atoms with Crippen molar-refractivity contribution in [3.8, 4) is 11.5 Å². The van der Waals surface area contributed by atoms with E-state index in [4.69, 9.17) is 25.8 Å². The molecule has 0 amide bonds. The van der Waals surface area contributed by atoms with Crippen molar-refractivity contribution in [1.29, 1.82) is 0 Å². The number of carbonyl (C=O) groups excluding carboxylic acids is 2. The highest BCUT2D eigenvalue weighted by Crippen LogP contribution is 2.48. The van der Waals surface area contributed by atoms with Gasteiger partial charge in [-0.3, -0.25) is 4.79 Å². The molecular weight excluding hydrogens is 478 g/mol. The first-order valence-corrected chi connectivity index (χ1v) is 12.6. The smallest absolute Gasteiger partial charge is 0.337 e. The third kappa shape index (κ3) is 5.00. The standard InChI is InChI=1S/C29H32ClNO5/c1-6-16(2)36-29(33)26-17(3)31-23-13-19(18-7-9-20(30)10-8-18)14-24(32)28(23)27(26)22-12-11-21(34-4)15-25(22)35-5/h7-12,15-16,19,27,31H,6,13-14H2,1-5H3/t16-,19-,27-/m0/s1. The Morgan fingerprint density at radius 2 is 1.83 bits per heavy atom. The molecule has 2 aromatic rings. The molecule has 0 radical (unpaired) electrons. The van der Waals surface area contributed by atoms with E-state index in [0.717, 1.165) is 16.8 Å². The lowest BCUT2D eigenvalue weighted by atomic mass is 9.71. The second-order valence-corrected chi connectivity index (χ2v) is 9.74. The van der Waals surface area contributed by atoms with Gasteiger partial charge in [0, 0.05) is 40.0 Å². The Balaban J connectivity index is 1.83. The van der Waals surface area contributed by atoms with Crippen LogP contribution in [0.4, 0.5) is 0 Å². The predicted molar refractivity (Wildman–Crippen MR) is 139 cm³/mol. The topological polar surface area (TPSA) is 73.9 Å². The number of nitrogens with one attached hydrogen (secondary N) is 1. The monoisotopic (exact) mass is 509 g/mol. The Hall–Kier alpha value is -3.25. The summed E-state index contributed by atoms with van der Waals surface area (Å²) < 4.78 is 16.8. The molecule has 2 aromatic carbocycles. The van der Waals surface area contributed by atoms with E-state index < -0.39 is 11.9 Å². The van der Waals surface area contributed by atoms with Crippen molar-refractivity contribution >= 4 is 23.4 Å². The van der Waals surface area contributed by atoms with Crippen LogP contribution >= 0.6 is 11.6 Å². The van der Waals surface area contributed by atoms with Crippen LogP contribution < -0.4 is 14.8 Å². The molecule has 190 valence electrons. The fourth-order valence-corrected chi connectivity index (χ4v) is 5.10. The van der Waals surface area contributed by atoms with Crippen LogP contribution in [0.25, 0.3) is 0 Å². The normalized spacial score (nSPS) is 20.4. The second kappa shape index (κ2) is 10.8. The number of allylic oxidation sites excluding steroid dienone is 3. The molecule has 1 aliphatic carbocycles. The molecule has 0 fully saturated rings. The van der Waals surface area contributed by atoms with Crippen molar-refractivity contribution in [2.75, 3.05) is 14.2 Å². The van der Waals surface area contributed by atoms with E-state index in [1.54, 1.807) is 20.3 Å². The molecule has 7 heteroatoms. The number of ether oxygens (including phenoxy) is 3. The highest BCUT2D eigenvalue weighted by atomic mass is 35.5. The Kier molecular flexibility index (Phi) is 7.74. The number of ketones is 1. The van der Waals surface area contributed by atoms with Gasteiger partial charge in [-0.2, -0.15) is 0 Å². The van der Waals surface area contributed by atoms with Gasteiger partial charge in [0.2, 0.25) is 0 Å². The van der Waals surface area contributed by atoms with Crippen LogP contribution in [0.3, 0.4) is 0 Å². The molecule has 1 heterocycles. The molecule has 0 unspecified atom stereocenters. The Morgan fingerprint density at radius 3 is 2.47 bits per heavy atom. The number of Topliss-reactive ketones (excluding diaryl/α,β-unsaturated/α-hetero) is 1. The van der Waals surface area contributed by atoms with E-state index in [1.807, 2.05) is 57.2 Å². The van der Waals surface area contributed by atoms with Crippen LogP contribution in [-0.2, 0) is 14.3 Å². The average molecular weight is 510 g/mol. The van der Waals surface area contributed by atoms with Gasteiger partial charge in [-0.1, -0.05) is 36.7 Å². The second-order valence-electron chi connectivity index (χ2n) is 9.30. The lowest BCUT2D eigenvalue weighted by molar-refractivity contribution is -0.144. The molecule has 0 saturated heterocycles. The largest absolute Gasteiger partial charge is 0.497 e. The first-order valence-electron chi connectivity index (χ1n) is 12.2. The highest BCUT2D eigenvalue weighted by molar-refractivity contribution is 6.30.